The number of nitrogens with zero attached hydrogens (tertiary/aromatic N) is 8. The molecule has 0 radical (unpaired) electrons. The number of urea groups is 1. The van der Waals surface area contributed by atoms with Crippen LogP contribution in [0.5, 0.6) is 11.5 Å². The molecule has 5 rings (SSSR count). The molecule has 17 nitrogen and oxygen atoms in total. The summed E-state index contributed by atoms with van der Waals surface area (Å²) in [5, 5.41) is 12.3. The van der Waals surface area contributed by atoms with E-state index in [1.807, 2.05) is 0 Å². The third-order valence-corrected chi connectivity index (χ3v) is 9.49. The Labute approximate surface area is 335 Å². The fourth-order valence-electron chi connectivity index (χ4n) is 5.98. The van der Waals surface area contributed by atoms with Gasteiger partial charge in [0.1, 0.15) is 62.1 Å². The SMILES string of the molecule is COc1cc(OC)c(Cl)c(N(C(=O)OC(C)(C)C)C(=O)N(C)c2cc(N(C(=O)OC(C)(C)C)c3ccc(N4CCN(C5CC5)CC4)cc3[N+](=O)[O-])ncn2)c1Cl. The summed E-state index contributed by atoms with van der Waals surface area (Å²) in [6, 6.07) is 6.78. The fraction of sp³-hybridized carbons (Fsp3) is 0.486. The summed E-state index contributed by atoms with van der Waals surface area (Å²) >= 11 is 13.3. The van der Waals surface area contributed by atoms with Gasteiger partial charge in [0.15, 0.2) is 0 Å². The van der Waals surface area contributed by atoms with Crippen molar-refractivity contribution in [3.8, 4) is 11.5 Å². The maximum absolute atomic E-state index is 14.4. The van der Waals surface area contributed by atoms with Gasteiger partial charge in [-0.25, -0.2) is 29.3 Å². The first kappa shape index (κ1) is 42.0. The highest BCUT2D eigenvalue weighted by atomic mass is 35.5. The zero-order valence-corrected chi connectivity index (χ0v) is 34.3. The van der Waals surface area contributed by atoms with Crippen molar-refractivity contribution in [2.75, 3.05) is 67.0 Å². The molecular weight excluding hydrogens is 771 g/mol. The summed E-state index contributed by atoms with van der Waals surface area (Å²) < 4.78 is 22.0. The van der Waals surface area contributed by atoms with E-state index < -0.39 is 34.3 Å². The standard InChI is InChI=1S/C37H46Cl2N8O9/c1-36(2,3)55-34(49)45(24-13-12-23(18-25(24)47(51)52)44-16-14-43(15-17-44)22-10-11-22)29-20-28(40-21-41-29)42(7)33(48)46(35(50)56-37(4,5)6)32-30(38)26(53-8)19-27(54-9)31(32)39/h12-13,18-22H,10-11,14-17H2,1-9H3. The molecule has 2 aromatic carbocycles. The summed E-state index contributed by atoms with van der Waals surface area (Å²) in [4.78, 5) is 69.8. The minimum absolute atomic E-state index is 0.0392. The lowest BCUT2D eigenvalue weighted by atomic mass is 10.1. The van der Waals surface area contributed by atoms with E-state index in [4.69, 9.17) is 42.1 Å². The molecule has 0 unspecified atom stereocenters. The first-order chi connectivity index (χ1) is 26.2. The van der Waals surface area contributed by atoms with Gasteiger partial charge in [-0.2, -0.15) is 4.90 Å². The van der Waals surface area contributed by atoms with Crippen molar-refractivity contribution >= 4 is 75.8 Å². The van der Waals surface area contributed by atoms with Crippen LogP contribution < -0.4 is 29.1 Å². The van der Waals surface area contributed by atoms with E-state index in [2.05, 4.69) is 19.8 Å². The van der Waals surface area contributed by atoms with Crippen molar-refractivity contribution in [2.24, 2.45) is 0 Å². The van der Waals surface area contributed by atoms with E-state index in [1.165, 1.54) is 58.4 Å². The molecule has 0 atom stereocenters. The zero-order valence-electron chi connectivity index (χ0n) is 32.8. The van der Waals surface area contributed by atoms with E-state index in [9.17, 15) is 24.5 Å². The van der Waals surface area contributed by atoms with Crippen molar-refractivity contribution in [1.29, 1.82) is 0 Å². The van der Waals surface area contributed by atoms with Crippen molar-refractivity contribution < 1.29 is 38.3 Å². The van der Waals surface area contributed by atoms with Gasteiger partial charge >= 0.3 is 18.2 Å². The van der Waals surface area contributed by atoms with Crippen LogP contribution in [0, 0.1) is 10.1 Å². The predicted molar refractivity (Wildman–Crippen MR) is 212 cm³/mol. The van der Waals surface area contributed by atoms with E-state index in [0.29, 0.717) is 29.7 Å². The number of piperazine rings is 1. The van der Waals surface area contributed by atoms with Gasteiger partial charge in [-0.3, -0.25) is 19.9 Å². The third kappa shape index (κ3) is 9.45. The normalized spacial score (nSPS) is 14.8. The third-order valence-electron chi connectivity index (χ3n) is 8.75. The number of nitro benzene ring substituents is 1. The Bertz CT molecular complexity index is 1960. The molecule has 56 heavy (non-hydrogen) atoms. The first-order valence-corrected chi connectivity index (χ1v) is 18.5. The Morgan fingerprint density at radius 2 is 1.39 bits per heavy atom. The lowest BCUT2D eigenvalue weighted by Gasteiger charge is -2.36. The van der Waals surface area contributed by atoms with E-state index >= 15 is 0 Å². The minimum Gasteiger partial charge on any atom is -0.495 e. The number of hydrogen-bond acceptors (Lipinski definition) is 13. The van der Waals surface area contributed by atoms with Gasteiger partial charge in [0.05, 0.1) is 19.1 Å². The molecule has 1 saturated heterocycles. The largest absolute Gasteiger partial charge is 0.495 e. The quantitative estimate of drug-likeness (QED) is 0.150. The van der Waals surface area contributed by atoms with Crippen LogP contribution in [0.25, 0.3) is 0 Å². The van der Waals surface area contributed by atoms with Crippen molar-refractivity contribution in [2.45, 2.75) is 71.6 Å². The number of methoxy groups -OCH3 is 2. The van der Waals surface area contributed by atoms with Gasteiger partial charge in [-0.15, -0.1) is 0 Å². The number of rotatable bonds is 9. The molecule has 4 amide bonds. The van der Waals surface area contributed by atoms with Crippen LogP contribution in [0.3, 0.4) is 0 Å². The Morgan fingerprint density at radius 1 is 0.839 bits per heavy atom. The highest BCUT2D eigenvalue weighted by Crippen LogP contribution is 2.47. The molecule has 2 heterocycles. The van der Waals surface area contributed by atoms with Gasteiger partial charge in [0.25, 0.3) is 5.69 Å². The van der Waals surface area contributed by atoms with Crippen LogP contribution in [0.15, 0.2) is 36.7 Å². The van der Waals surface area contributed by atoms with Crippen LogP contribution >= 0.6 is 23.2 Å². The number of nitro groups is 1. The molecule has 19 heteroatoms. The summed E-state index contributed by atoms with van der Waals surface area (Å²) in [6.07, 6.45) is 1.30. The van der Waals surface area contributed by atoms with Gasteiger partial charge in [0, 0.05) is 63.2 Å². The van der Waals surface area contributed by atoms with Crippen LogP contribution in [0.2, 0.25) is 10.0 Å². The summed E-state index contributed by atoms with van der Waals surface area (Å²) in [5.41, 5.74) is -2.28. The highest BCUT2D eigenvalue weighted by molar-refractivity contribution is 6.43. The number of benzene rings is 2. The lowest BCUT2D eigenvalue weighted by Crippen LogP contribution is -2.48. The number of carbonyl (C=O) groups is 3. The number of aromatic nitrogens is 2. The summed E-state index contributed by atoms with van der Waals surface area (Å²) in [5.74, 6) is -0.243. The molecule has 302 valence electrons. The maximum atomic E-state index is 14.4. The molecule has 1 aliphatic heterocycles. The van der Waals surface area contributed by atoms with Crippen molar-refractivity contribution in [3.63, 3.8) is 0 Å². The van der Waals surface area contributed by atoms with Crippen LogP contribution in [-0.2, 0) is 9.47 Å². The van der Waals surface area contributed by atoms with E-state index in [1.54, 1.807) is 47.6 Å². The molecule has 1 saturated carbocycles. The Hall–Kier alpha value is -5.13. The molecule has 0 N–H and O–H groups in total. The van der Waals surface area contributed by atoms with Gasteiger partial charge in [-0.1, -0.05) is 23.2 Å². The average molecular weight is 818 g/mol. The monoisotopic (exact) mass is 816 g/mol. The molecule has 2 aliphatic rings. The van der Waals surface area contributed by atoms with Gasteiger partial charge in [0.2, 0.25) is 0 Å². The molecule has 1 aliphatic carbocycles. The molecule has 0 bridgehead atoms. The zero-order chi connectivity index (χ0) is 41.3. The van der Waals surface area contributed by atoms with Crippen molar-refractivity contribution in [3.05, 3.63) is 56.8 Å². The Morgan fingerprint density at radius 3 is 1.91 bits per heavy atom. The highest BCUT2D eigenvalue weighted by Gasteiger charge is 2.38. The molecule has 1 aromatic heterocycles. The second-order valence-corrected chi connectivity index (χ2v) is 15.9. The van der Waals surface area contributed by atoms with Gasteiger partial charge < -0.3 is 23.8 Å². The fourth-order valence-corrected chi connectivity index (χ4v) is 6.65. The van der Waals surface area contributed by atoms with Crippen LogP contribution in [0.1, 0.15) is 54.4 Å². The number of hydrogen-bond donors (Lipinski definition) is 0. The lowest BCUT2D eigenvalue weighted by molar-refractivity contribution is -0.384. The van der Waals surface area contributed by atoms with E-state index in [-0.39, 0.29) is 50.2 Å². The number of ether oxygens (including phenoxy) is 4. The average Bonchev–Trinajstić information content (AvgIpc) is 3.98. The molecule has 0 spiro atoms. The number of anilines is 5. The van der Waals surface area contributed by atoms with Gasteiger partial charge in [-0.05, 0) is 66.5 Å². The first-order valence-electron chi connectivity index (χ1n) is 17.8. The Balaban J connectivity index is 1.57. The number of carbonyl (C=O) groups excluding carboxylic acids is 3. The van der Waals surface area contributed by atoms with Crippen LogP contribution in [0.4, 0.5) is 48.8 Å². The summed E-state index contributed by atoms with van der Waals surface area (Å²) in [7, 11) is 3.96. The van der Waals surface area contributed by atoms with E-state index in [0.717, 1.165) is 29.2 Å². The smallest absolute Gasteiger partial charge is 0.423 e. The maximum Gasteiger partial charge on any atom is 0.423 e. The predicted octanol–water partition coefficient (Wildman–Crippen LogP) is 8.06. The number of imide groups is 1. The van der Waals surface area contributed by atoms with Crippen molar-refractivity contribution in [1.82, 2.24) is 14.9 Å². The second kappa shape index (κ2) is 16.5. The molecule has 2 fully saturated rings. The topological polar surface area (TPSA) is 173 Å². The number of amides is 4. The number of halogens is 2. The summed E-state index contributed by atoms with van der Waals surface area (Å²) in [6.45, 7) is 12.8. The molecular formula is C37H46Cl2N8O9. The molecule has 3 aromatic rings. The second-order valence-electron chi connectivity index (χ2n) is 15.1. The van der Waals surface area contributed by atoms with Crippen LogP contribution in [-0.4, -0.2) is 103 Å². The minimum atomic E-state index is -1.15. The Kier molecular flexibility index (Phi) is 12.4.